The van der Waals surface area contributed by atoms with Gasteiger partial charge in [0.15, 0.2) is 5.65 Å². The number of rotatable bonds is 9. The smallest absolute Gasteiger partial charge is 0.223 e. The Morgan fingerprint density at radius 2 is 2.05 bits per heavy atom. The van der Waals surface area contributed by atoms with Crippen LogP contribution in [0.15, 0.2) is 11.4 Å². The second kappa shape index (κ2) is 8.65. The number of ether oxygens (including phenoxy) is 1. The highest BCUT2D eigenvalue weighted by molar-refractivity contribution is 7.99. The molecule has 2 heterocycles. The molecule has 0 bridgehead atoms. The van der Waals surface area contributed by atoms with Crippen LogP contribution >= 0.6 is 19.7 Å². The number of anilines is 1. The van der Waals surface area contributed by atoms with Gasteiger partial charge in [0.25, 0.3) is 0 Å². The van der Waals surface area contributed by atoms with Crippen molar-refractivity contribution in [1.29, 1.82) is 0 Å². The summed E-state index contributed by atoms with van der Waals surface area (Å²) in [5, 5.41) is 0.852. The second-order valence-electron chi connectivity index (χ2n) is 4.77. The SMILES string of the molecule is CCSc1nc(N)nc2c1ncn2CCOCP(CC)CC. The molecule has 122 valence electrons. The molecule has 0 aromatic carbocycles. The van der Waals surface area contributed by atoms with E-state index in [4.69, 9.17) is 10.5 Å². The zero-order valence-corrected chi connectivity index (χ0v) is 15.2. The van der Waals surface area contributed by atoms with Crippen molar-refractivity contribution in [2.24, 2.45) is 0 Å². The van der Waals surface area contributed by atoms with E-state index in [2.05, 4.69) is 35.7 Å². The van der Waals surface area contributed by atoms with Crippen LogP contribution in [-0.2, 0) is 11.3 Å². The first-order valence-electron chi connectivity index (χ1n) is 7.60. The van der Waals surface area contributed by atoms with Gasteiger partial charge in [0, 0.05) is 6.54 Å². The van der Waals surface area contributed by atoms with E-state index in [1.54, 1.807) is 18.1 Å². The number of imidazole rings is 1. The molecule has 0 radical (unpaired) electrons. The zero-order valence-electron chi connectivity index (χ0n) is 13.4. The van der Waals surface area contributed by atoms with E-state index >= 15 is 0 Å². The summed E-state index contributed by atoms with van der Waals surface area (Å²) in [5.74, 6) is 1.23. The van der Waals surface area contributed by atoms with Crippen molar-refractivity contribution in [3.05, 3.63) is 6.33 Å². The maximum atomic E-state index is 5.81. The van der Waals surface area contributed by atoms with Gasteiger partial charge in [0.1, 0.15) is 10.5 Å². The molecular weight excluding hydrogens is 317 g/mol. The fourth-order valence-corrected chi connectivity index (χ4v) is 4.01. The first kappa shape index (κ1) is 17.4. The lowest BCUT2D eigenvalue weighted by Gasteiger charge is -2.13. The van der Waals surface area contributed by atoms with Crippen molar-refractivity contribution >= 4 is 36.8 Å². The molecule has 2 rings (SSSR count). The van der Waals surface area contributed by atoms with Gasteiger partial charge in [-0.1, -0.05) is 28.7 Å². The summed E-state index contributed by atoms with van der Waals surface area (Å²) in [4.78, 5) is 13.0. The Balaban J connectivity index is 2.03. The average molecular weight is 341 g/mol. The molecule has 0 saturated heterocycles. The Kier molecular flexibility index (Phi) is 6.86. The highest BCUT2D eigenvalue weighted by Gasteiger charge is 2.12. The monoisotopic (exact) mass is 341 g/mol. The first-order valence-corrected chi connectivity index (χ1v) is 10.5. The third-order valence-corrected chi connectivity index (χ3v) is 6.56. The van der Waals surface area contributed by atoms with Gasteiger partial charge in [-0.25, -0.2) is 9.97 Å². The molecule has 22 heavy (non-hydrogen) atoms. The van der Waals surface area contributed by atoms with Crippen LogP contribution in [0, 0.1) is 0 Å². The van der Waals surface area contributed by atoms with Crippen molar-refractivity contribution in [3.63, 3.8) is 0 Å². The van der Waals surface area contributed by atoms with E-state index in [0.717, 1.165) is 34.8 Å². The maximum Gasteiger partial charge on any atom is 0.223 e. The lowest BCUT2D eigenvalue weighted by molar-refractivity contribution is 0.170. The fourth-order valence-electron chi connectivity index (χ4n) is 2.10. The van der Waals surface area contributed by atoms with Gasteiger partial charge >= 0.3 is 0 Å². The van der Waals surface area contributed by atoms with E-state index in [1.807, 2.05) is 4.57 Å². The van der Waals surface area contributed by atoms with Crippen molar-refractivity contribution in [2.75, 3.05) is 36.8 Å². The predicted molar refractivity (Wildman–Crippen MR) is 95.0 cm³/mol. The Morgan fingerprint density at radius 3 is 2.73 bits per heavy atom. The Labute approximate surface area is 137 Å². The van der Waals surface area contributed by atoms with Gasteiger partial charge in [-0.15, -0.1) is 11.8 Å². The molecular formula is C14H24N5OPS. The van der Waals surface area contributed by atoms with Crippen LogP contribution in [0.3, 0.4) is 0 Å². The topological polar surface area (TPSA) is 78.9 Å². The third kappa shape index (κ3) is 4.31. The number of hydrogen-bond donors (Lipinski definition) is 1. The Bertz CT molecular complexity index is 602. The highest BCUT2D eigenvalue weighted by Crippen LogP contribution is 2.33. The molecule has 2 aromatic rings. The van der Waals surface area contributed by atoms with Crippen LogP contribution < -0.4 is 5.73 Å². The molecule has 0 fully saturated rings. The predicted octanol–water partition coefficient (Wildman–Crippen LogP) is 3.02. The molecule has 6 nitrogen and oxygen atoms in total. The third-order valence-electron chi connectivity index (χ3n) is 3.38. The van der Waals surface area contributed by atoms with Crippen molar-refractivity contribution in [2.45, 2.75) is 32.3 Å². The Hall–Kier alpha value is -0.910. The van der Waals surface area contributed by atoms with Gasteiger partial charge < -0.3 is 15.0 Å². The van der Waals surface area contributed by atoms with Crippen LogP contribution in [0.5, 0.6) is 0 Å². The molecule has 0 aliphatic rings. The fraction of sp³-hybridized carbons (Fsp3) is 0.643. The van der Waals surface area contributed by atoms with E-state index in [9.17, 15) is 0 Å². The maximum absolute atomic E-state index is 5.81. The number of fused-ring (bicyclic) bond motifs is 1. The van der Waals surface area contributed by atoms with Crippen LogP contribution in [0.25, 0.3) is 11.2 Å². The van der Waals surface area contributed by atoms with Gasteiger partial charge in [0.05, 0.1) is 19.3 Å². The van der Waals surface area contributed by atoms with Gasteiger partial charge in [-0.05, 0) is 18.1 Å². The van der Waals surface area contributed by atoms with E-state index in [0.29, 0.717) is 12.6 Å². The van der Waals surface area contributed by atoms with Crippen LogP contribution in [0.4, 0.5) is 5.95 Å². The minimum absolute atomic E-state index is 0.0288. The summed E-state index contributed by atoms with van der Waals surface area (Å²) in [5.41, 5.74) is 7.42. The summed E-state index contributed by atoms with van der Waals surface area (Å²) < 4.78 is 7.80. The average Bonchev–Trinajstić information content (AvgIpc) is 2.91. The molecule has 0 aliphatic heterocycles. The van der Waals surface area contributed by atoms with Gasteiger partial charge in [-0.2, -0.15) is 4.98 Å². The van der Waals surface area contributed by atoms with E-state index in [-0.39, 0.29) is 7.92 Å². The minimum atomic E-state index is 0.0288. The summed E-state index contributed by atoms with van der Waals surface area (Å²) in [6, 6.07) is 0. The Morgan fingerprint density at radius 1 is 1.27 bits per heavy atom. The number of nitrogen functional groups attached to an aromatic ring is 1. The minimum Gasteiger partial charge on any atom is -0.375 e. The molecule has 2 aromatic heterocycles. The quantitative estimate of drug-likeness (QED) is 0.327. The molecule has 8 heteroatoms. The second-order valence-corrected chi connectivity index (χ2v) is 8.89. The van der Waals surface area contributed by atoms with Gasteiger partial charge in [0.2, 0.25) is 5.95 Å². The summed E-state index contributed by atoms with van der Waals surface area (Å²) in [6.07, 6.45) is 5.12. The van der Waals surface area contributed by atoms with Crippen molar-refractivity contribution < 1.29 is 4.74 Å². The lowest BCUT2D eigenvalue weighted by Crippen LogP contribution is -2.08. The molecule has 2 N–H and O–H groups in total. The lowest BCUT2D eigenvalue weighted by atomic mass is 10.5. The van der Waals surface area contributed by atoms with E-state index < -0.39 is 0 Å². The zero-order chi connectivity index (χ0) is 15.9. The van der Waals surface area contributed by atoms with Crippen molar-refractivity contribution in [1.82, 2.24) is 19.5 Å². The number of aromatic nitrogens is 4. The molecule has 0 atom stereocenters. The number of nitrogens with two attached hydrogens (primary N) is 1. The molecule has 0 aliphatic carbocycles. The largest absolute Gasteiger partial charge is 0.375 e. The molecule has 0 spiro atoms. The van der Waals surface area contributed by atoms with Crippen LogP contribution in [0.2, 0.25) is 0 Å². The normalized spacial score (nSPS) is 11.6. The number of hydrogen-bond acceptors (Lipinski definition) is 6. The number of thioether (sulfide) groups is 1. The molecule has 0 amide bonds. The standard InChI is InChI=1S/C14H24N5OPS/c1-4-21(5-2)10-20-8-7-19-9-16-11-12(19)17-14(15)18-13(11)22-6-3/h9H,4-8,10H2,1-3H3,(H2,15,17,18). The summed E-state index contributed by atoms with van der Waals surface area (Å²) >= 11 is 1.63. The summed E-state index contributed by atoms with van der Waals surface area (Å²) in [7, 11) is 0.0288. The van der Waals surface area contributed by atoms with Crippen molar-refractivity contribution in [3.8, 4) is 0 Å². The number of nitrogens with zero attached hydrogens (tertiary/aromatic N) is 4. The summed E-state index contributed by atoms with van der Waals surface area (Å²) in [6.45, 7) is 7.95. The van der Waals surface area contributed by atoms with Crippen LogP contribution in [0.1, 0.15) is 20.8 Å². The molecule has 0 unspecified atom stereocenters. The van der Waals surface area contributed by atoms with E-state index in [1.165, 1.54) is 12.3 Å². The van der Waals surface area contributed by atoms with Crippen LogP contribution in [-0.4, -0.2) is 50.6 Å². The highest BCUT2D eigenvalue weighted by atomic mass is 32.2. The first-order chi connectivity index (χ1) is 10.7. The molecule has 0 saturated carbocycles. The van der Waals surface area contributed by atoms with Gasteiger partial charge in [-0.3, -0.25) is 0 Å².